The number of rotatable bonds is 6. The van der Waals surface area contributed by atoms with Gasteiger partial charge in [0, 0.05) is 26.2 Å². The second-order valence-corrected chi connectivity index (χ2v) is 6.72. The van der Waals surface area contributed by atoms with Gasteiger partial charge in [0.2, 0.25) is 5.91 Å². The van der Waals surface area contributed by atoms with E-state index in [2.05, 4.69) is 6.58 Å². The molecule has 1 aliphatic rings. The molecule has 1 aromatic rings. The van der Waals surface area contributed by atoms with E-state index in [4.69, 9.17) is 4.74 Å². The summed E-state index contributed by atoms with van der Waals surface area (Å²) in [6, 6.07) is 5.64. The van der Waals surface area contributed by atoms with Crippen LogP contribution in [0.2, 0.25) is 0 Å². The number of benzene rings is 1. The summed E-state index contributed by atoms with van der Waals surface area (Å²) in [6.07, 6.45) is 1.08. The Kier molecular flexibility index (Phi) is 6.80. The van der Waals surface area contributed by atoms with E-state index < -0.39 is 6.10 Å². The summed E-state index contributed by atoms with van der Waals surface area (Å²) in [5.41, 5.74) is 2.13. The molecular formula is C20H28N2O4. The number of aliphatic hydroxyl groups excluding tert-OH is 1. The van der Waals surface area contributed by atoms with Gasteiger partial charge in [0.25, 0.3) is 5.91 Å². The van der Waals surface area contributed by atoms with Gasteiger partial charge in [-0.15, -0.1) is 0 Å². The first-order valence-corrected chi connectivity index (χ1v) is 8.94. The van der Waals surface area contributed by atoms with Gasteiger partial charge in [-0.05, 0) is 44.9 Å². The molecule has 1 saturated heterocycles. The molecule has 6 heteroatoms. The lowest BCUT2D eigenvalue weighted by molar-refractivity contribution is -0.145. The van der Waals surface area contributed by atoms with E-state index in [0.29, 0.717) is 31.8 Å². The molecule has 0 bridgehead atoms. The lowest BCUT2D eigenvalue weighted by Crippen LogP contribution is -2.58. The monoisotopic (exact) mass is 360 g/mol. The van der Waals surface area contributed by atoms with Crippen molar-refractivity contribution in [3.63, 3.8) is 0 Å². The van der Waals surface area contributed by atoms with E-state index in [0.717, 1.165) is 11.1 Å². The minimum Gasteiger partial charge on any atom is -0.481 e. The Morgan fingerprint density at radius 3 is 2.73 bits per heavy atom. The van der Waals surface area contributed by atoms with Crippen LogP contribution < -0.4 is 4.74 Å². The van der Waals surface area contributed by atoms with E-state index in [1.54, 1.807) is 16.7 Å². The Labute approximate surface area is 155 Å². The summed E-state index contributed by atoms with van der Waals surface area (Å²) in [5, 5.41) is 9.28. The van der Waals surface area contributed by atoms with Gasteiger partial charge >= 0.3 is 0 Å². The highest BCUT2D eigenvalue weighted by Gasteiger charge is 2.33. The highest BCUT2D eigenvalue weighted by atomic mass is 16.5. The van der Waals surface area contributed by atoms with Crippen molar-refractivity contribution in [1.29, 1.82) is 0 Å². The second-order valence-electron chi connectivity index (χ2n) is 6.72. The quantitative estimate of drug-likeness (QED) is 0.784. The molecule has 1 aromatic carbocycles. The zero-order valence-electron chi connectivity index (χ0n) is 15.8. The van der Waals surface area contributed by atoms with Crippen molar-refractivity contribution < 1.29 is 19.4 Å². The normalized spacial score (nSPS) is 18.4. The maximum Gasteiger partial charge on any atom is 0.263 e. The molecule has 142 valence electrons. The fourth-order valence-corrected chi connectivity index (χ4v) is 3.29. The number of ether oxygens (including phenoxy) is 1. The predicted molar refractivity (Wildman–Crippen MR) is 100.0 cm³/mol. The minimum atomic E-state index is -0.618. The molecule has 0 spiro atoms. The molecule has 0 saturated carbocycles. The van der Waals surface area contributed by atoms with Crippen LogP contribution >= 0.6 is 0 Å². The van der Waals surface area contributed by atoms with Gasteiger partial charge in [-0.1, -0.05) is 24.3 Å². The van der Waals surface area contributed by atoms with E-state index in [-0.39, 0.29) is 24.5 Å². The van der Waals surface area contributed by atoms with Gasteiger partial charge in [0.05, 0.1) is 6.04 Å². The Morgan fingerprint density at radius 1 is 1.38 bits per heavy atom. The van der Waals surface area contributed by atoms with Crippen molar-refractivity contribution in [3.8, 4) is 5.75 Å². The van der Waals surface area contributed by atoms with Crippen LogP contribution in [0.5, 0.6) is 5.75 Å². The summed E-state index contributed by atoms with van der Waals surface area (Å²) >= 11 is 0. The zero-order chi connectivity index (χ0) is 19.3. The number of nitrogens with zero attached hydrogens (tertiary/aromatic N) is 2. The number of hydrogen-bond donors (Lipinski definition) is 1. The minimum absolute atomic E-state index is 0.0394. The Balaban J connectivity index is 2.04. The van der Waals surface area contributed by atoms with Gasteiger partial charge in [-0.2, -0.15) is 0 Å². The molecule has 0 aliphatic carbocycles. The first-order chi connectivity index (χ1) is 12.4. The predicted octanol–water partition coefficient (Wildman–Crippen LogP) is 1.68. The highest BCUT2D eigenvalue weighted by Crippen LogP contribution is 2.21. The molecule has 26 heavy (non-hydrogen) atoms. The summed E-state index contributed by atoms with van der Waals surface area (Å²) in [4.78, 5) is 28.1. The number of amides is 2. The number of aryl methyl sites for hydroxylation is 2. The third-order valence-corrected chi connectivity index (χ3v) is 4.70. The summed E-state index contributed by atoms with van der Waals surface area (Å²) in [5.74, 6) is 0.414. The summed E-state index contributed by atoms with van der Waals surface area (Å²) in [6.45, 7) is 10.4. The van der Waals surface area contributed by atoms with E-state index >= 15 is 0 Å². The first-order valence-electron chi connectivity index (χ1n) is 8.94. The molecule has 2 atom stereocenters. The van der Waals surface area contributed by atoms with E-state index in [1.807, 2.05) is 32.0 Å². The van der Waals surface area contributed by atoms with Crippen LogP contribution in [0.3, 0.4) is 0 Å². The average Bonchev–Trinajstić information content (AvgIpc) is 2.63. The zero-order valence-corrected chi connectivity index (χ0v) is 15.8. The van der Waals surface area contributed by atoms with Gasteiger partial charge in [0.15, 0.2) is 6.10 Å². The van der Waals surface area contributed by atoms with E-state index in [9.17, 15) is 14.7 Å². The number of carbonyl (C=O) groups is 2. The molecule has 2 rings (SSSR count). The van der Waals surface area contributed by atoms with Crippen molar-refractivity contribution in [2.45, 2.75) is 39.3 Å². The summed E-state index contributed by atoms with van der Waals surface area (Å²) in [7, 11) is 0. The van der Waals surface area contributed by atoms with Gasteiger partial charge in [-0.25, -0.2) is 0 Å². The standard InChI is InChI=1S/C20H28N2O4/c1-5-19(24)22-10-9-21(13-17(22)8-11-23)20(25)16(4)26-18-7-6-14(2)12-15(18)3/h5-7,12,16-17,23H,1,8-11,13H2,2-4H3. The van der Waals surface area contributed by atoms with Gasteiger partial charge in [0.1, 0.15) is 5.75 Å². The van der Waals surface area contributed by atoms with E-state index in [1.165, 1.54) is 6.08 Å². The fourth-order valence-electron chi connectivity index (χ4n) is 3.29. The molecule has 1 aliphatic heterocycles. The molecule has 0 aromatic heterocycles. The van der Waals surface area contributed by atoms with Crippen LogP contribution in [-0.2, 0) is 9.59 Å². The van der Waals surface area contributed by atoms with Gasteiger partial charge in [-0.3, -0.25) is 9.59 Å². The third kappa shape index (κ3) is 4.64. The fraction of sp³-hybridized carbons (Fsp3) is 0.500. The topological polar surface area (TPSA) is 70.1 Å². The number of carbonyl (C=O) groups excluding carboxylic acids is 2. The molecule has 2 amide bonds. The molecule has 6 nitrogen and oxygen atoms in total. The molecule has 1 N–H and O–H groups in total. The van der Waals surface area contributed by atoms with Crippen LogP contribution in [0.4, 0.5) is 0 Å². The van der Waals surface area contributed by atoms with Crippen LogP contribution in [0.1, 0.15) is 24.5 Å². The number of aliphatic hydroxyl groups is 1. The van der Waals surface area contributed by atoms with Crippen molar-refractivity contribution in [2.24, 2.45) is 0 Å². The number of piperazine rings is 1. The maximum absolute atomic E-state index is 12.8. The lowest BCUT2D eigenvalue weighted by atomic mass is 10.1. The smallest absolute Gasteiger partial charge is 0.263 e. The number of hydrogen-bond acceptors (Lipinski definition) is 4. The van der Waals surface area contributed by atoms with Crippen molar-refractivity contribution in [2.75, 3.05) is 26.2 Å². The van der Waals surface area contributed by atoms with Crippen LogP contribution in [0.25, 0.3) is 0 Å². The highest BCUT2D eigenvalue weighted by molar-refractivity contribution is 5.88. The summed E-state index contributed by atoms with van der Waals surface area (Å²) < 4.78 is 5.87. The Morgan fingerprint density at radius 2 is 2.12 bits per heavy atom. The first kappa shape index (κ1) is 20.0. The van der Waals surface area contributed by atoms with Gasteiger partial charge < -0.3 is 19.6 Å². The Bertz CT molecular complexity index is 674. The molecular weight excluding hydrogens is 332 g/mol. The third-order valence-electron chi connectivity index (χ3n) is 4.70. The van der Waals surface area contributed by atoms with Crippen molar-refractivity contribution in [3.05, 3.63) is 42.0 Å². The molecule has 1 heterocycles. The molecule has 2 unspecified atom stereocenters. The van der Waals surface area contributed by atoms with Crippen molar-refractivity contribution in [1.82, 2.24) is 9.80 Å². The second kappa shape index (κ2) is 8.85. The van der Waals surface area contributed by atoms with Crippen molar-refractivity contribution >= 4 is 11.8 Å². The van der Waals surface area contributed by atoms with Crippen LogP contribution in [-0.4, -0.2) is 65.1 Å². The average molecular weight is 360 g/mol. The Hall–Kier alpha value is -2.34. The maximum atomic E-state index is 12.8. The molecule has 1 fully saturated rings. The molecule has 0 radical (unpaired) electrons. The van der Waals surface area contributed by atoms with Crippen LogP contribution in [0, 0.1) is 13.8 Å². The van der Waals surface area contributed by atoms with Crippen LogP contribution in [0.15, 0.2) is 30.9 Å². The SMILES string of the molecule is C=CC(=O)N1CCN(C(=O)C(C)Oc2ccc(C)cc2C)CC1CCO. The lowest BCUT2D eigenvalue weighted by Gasteiger charge is -2.41. The largest absolute Gasteiger partial charge is 0.481 e.